The van der Waals surface area contributed by atoms with E-state index >= 15 is 0 Å². The topological polar surface area (TPSA) is 62.8 Å². The highest BCUT2D eigenvalue weighted by Crippen LogP contribution is 2.33. The Morgan fingerprint density at radius 1 is 1.14 bits per heavy atom. The number of likely N-dealkylation sites (N-methyl/N-ethyl adjacent to an activating group) is 1. The summed E-state index contributed by atoms with van der Waals surface area (Å²) in [5.41, 5.74) is 0.530. The Hall–Kier alpha value is -1.95. The highest BCUT2D eigenvalue weighted by atomic mass is 16.5. The number of carbonyl (C=O) groups excluding carboxylic acids is 1. The zero-order valence-corrected chi connectivity index (χ0v) is 13.2. The summed E-state index contributed by atoms with van der Waals surface area (Å²) < 4.78 is 10.5. The number of hydrogen-bond acceptors (Lipinski definition) is 4. The average Bonchev–Trinajstić information content (AvgIpc) is 2.51. The number of urea groups is 1. The van der Waals surface area contributed by atoms with Crippen LogP contribution < -0.4 is 20.1 Å². The van der Waals surface area contributed by atoms with Crippen LogP contribution in [-0.4, -0.2) is 51.3 Å². The summed E-state index contributed by atoms with van der Waals surface area (Å²) in [5.74, 6) is 1.13. The lowest BCUT2D eigenvalue weighted by Gasteiger charge is -2.18. The van der Waals surface area contributed by atoms with E-state index in [0.717, 1.165) is 19.6 Å². The van der Waals surface area contributed by atoms with Crippen molar-refractivity contribution in [3.63, 3.8) is 0 Å². The van der Waals surface area contributed by atoms with E-state index in [-0.39, 0.29) is 6.03 Å². The molecule has 0 bridgehead atoms. The molecule has 1 aromatic carbocycles. The number of anilines is 1. The summed E-state index contributed by atoms with van der Waals surface area (Å²) in [5, 5.41) is 5.60. The van der Waals surface area contributed by atoms with E-state index < -0.39 is 0 Å². The van der Waals surface area contributed by atoms with Crippen LogP contribution in [-0.2, 0) is 0 Å². The number of amides is 2. The number of benzene rings is 1. The maximum atomic E-state index is 12.0. The van der Waals surface area contributed by atoms with Crippen LogP contribution in [0, 0.1) is 0 Å². The minimum atomic E-state index is -0.273. The number of nitrogens with zero attached hydrogens (tertiary/aromatic N) is 1. The number of rotatable bonds is 8. The minimum Gasteiger partial charge on any atom is -0.494 e. The van der Waals surface area contributed by atoms with E-state index in [1.165, 1.54) is 0 Å². The number of carbonyl (C=O) groups is 1. The van der Waals surface area contributed by atoms with Gasteiger partial charge in [0.05, 0.1) is 14.2 Å². The van der Waals surface area contributed by atoms with E-state index in [4.69, 9.17) is 9.47 Å². The van der Waals surface area contributed by atoms with E-state index in [2.05, 4.69) is 29.4 Å². The maximum absolute atomic E-state index is 12.0. The van der Waals surface area contributed by atoms with Crippen LogP contribution in [0.1, 0.15) is 13.8 Å². The first kappa shape index (κ1) is 17.1. The molecule has 0 unspecified atom stereocenters. The fourth-order valence-corrected chi connectivity index (χ4v) is 2.00. The number of hydrogen-bond donors (Lipinski definition) is 2. The third-order valence-corrected chi connectivity index (χ3v) is 3.27. The molecule has 1 rings (SSSR count). The monoisotopic (exact) mass is 295 g/mol. The van der Waals surface area contributed by atoms with Gasteiger partial charge < -0.3 is 25.0 Å². The van der Waals surface area contributed by atoms with Crippen LogP contribution in [0.4, 0.5) is 10.5 Å². The van der Waals surface area contributed by atoms with Crippen molar-refractivity contribution < 1.29 is 14.3 Å². The predicted molar refractivity (Wildman–Crippen MR) is 84.4 cm³/mol. The van der Waals surface area contributed by atoms with Gasteiger partial charge >= 0.3 is 6.03 Å². The summed E-state index contributed by atoms with van der Waals surface area (Å²) in [4.78, 5) is 14.2. The Balaban J connectivity index is 2.58. The van der Waals surface area contributed by atoms with Crippen LogP contribution in [0.2, 0.25) is 0 Å². The van der Waals surface area contributed by atoms with E-state index in [1.54, 1.807) is 32.4 Å². The molecule has 118 valence electrons. The molecule has 21 heavy (non-hydrogen) atoms. The van der Waals surface area contributed by atoms with Gasteiger partial charge in [0, 0.05) is 13.1 Å². The standard InChI is InChI=1S/C15H25N3O3/c1-5-18(6-2)11-10-16-15(19)17-14-12(20-3)8-7-9-13(14)21-4/h7-9H,5-6,10-11H2,1-4H3,(H2,16,17,19). The average molecular weight is 295 g/mol. The molecule has 0 heterocycles. The Kier molecular flexibility index (Phi) is 7.39. The Bertz CT molecular complexity index is 426. The van der Waals surface area contributed by atoms with Gasteiger partial charge in [-0.05, 0) is 25.2 Å². The molecular weight excluding hydrogens is 270 g/mol. The molecule has 0 fully saturated rings. The summed E-state index contributed by atoms with van der Waals surface area (Å²) >= 11 is 0. The van der Waals surface area contributed by atoms with Crippen LogP contribution in [0.15, 0.2) is 18.2 Å². The lowest BCUT2D eigenvalue weighted by Crippen LogP contribution is -2.37. The van der Waals surface area contributed by atoms with Crippen LogP contribution >= 0.6 is 0 Å². The first-order valence-corrected chi connectivity index (χ1v) is 7.14. The van der Waals surface area contributed by atoms with Crippen molar-refractivity contribution in [1.29, 1.82) is 0 Å². The van der Waals surface area contributed by atoms with Gasteiger partial charge in [-0.25, -0.2) is 4.79 Å². The predicted octanol–water partition coefficient (Wildman–Crippen LogP) is 2.17. The Labute approximate surface area is 126 Å². The minimum absolute atomic E-state index is 0.273. The SMILES string of the molecule is CCN(CC)CCNC(=O)Nc1c(OC)cccc1OC. The fraction of sp³-hybridized carbons (Fsp3) is 0.533. The summed E-state index contributed by atoms with van der Waals surface area (Å²) in [6.45, 7) is 7.56. The molecule has 0 saturated heterocycles. The van der Waals surface area contributed by atoms with Crippen molar-refractivity contribution >= 4 is 11.7 Å². The van der Waals surface area contributed by atoms with Crippen molar-refractivity contribution in [3.8, 4) is 11.5 Å². The molecule has 0 spiro atoms. The zero-order chi connectivity index (χ0) is 15.7. The molecule has 6 nitrogen and oxygen atoms in total. The molecule has 1 aromatic rings. The Morgan fingerprint density at radius 3 is 2.19 bits per heavy atom. The molecule has 0 aliphatic heterocycles. The lowest BCUT2D eigenvalue weighted by atomic mass is 10.2. The number of ether oxygens (including phenoxy) is 2. The smallest absolute Gasteiger partial charge is 0.319 e. The second-order valence-electron chi connectivity index (χ2n) is 4.45. The molecule has 0 aromatic heterocycles. The molecule has 0 atom stereocenters. The normalized spacial score (nSPS) is 10.3. The first-order chi connectivity index (χ1) is 10.2. The van der Waals surface area contributed by atoms with Crippen LogP contribution in [0.5, 0.6) is 11.5 Å². The van der Waals surface area contributed by atoms with Crippen LogP contribution in [0.3, 0.4) is 0 Å². The van der Waals surface area contributed by atoms with Crippen molar-refractivity contribution in [3.05, 3.63) is 18.2 Å². The largest absolute Gasteiger partial charge is 0.494 e. The molecular formula is C15H25N3O3. The molecule has 0 saturated carbocycles. The molecule has 2 amide bonds. The van der Waals surface area contributed by atoms with Gasteiger partial charge in [-0.1, -0.05) is 19.9 Å². The van der Waals surface area contributed by atoms with Gasteiger partial charge in [0.1, 0.15) is 17.2 Å². The second-order valence-corrected chi connectivity index (χ2v) is 4.45. The number of para-hydroxylation sites is 1. The first-order valence-electron chi connectivity index (χ1n) is 7.14. The Morgan fingerprint density at radius 2 is 1.71 bits per heavy atom. The summed E-state index contributed by atoms with van der Waals surface area (Å²) in [6.07, 6.45) is 0. The van der Waals surface area contributed by atoms with Crippen molar-refractivity contribution in [1.82, 2.24) is 10.2 Å². The third-order valence-electron chi connectivity index (χ3n) is 3.27. The number of nitrogens with one attached hydrogen (secondary N) is 2. The second kappa shape index (κ2) is 9.07. The van der Waals surface area contributed by atoms with Gasteiger partial charge in [0.2, 0.25) is 0 Å². The van der Waals surface area contributed by atoms with Crippen molar-refractivity contribution in [2.24, 2.45) is 0 Å². The van der Waals surface area contributed by atoms with E-state index in [9.17, 15) is 4.79 Å². The van der Waals surface area contributed by atoms with E-state index in [1.807, 2.05) is 0 Å². The number of methoxy groups -OCH3 is 2. The van der Waals surface area contributed by atoms with Crippen molar-refractivity contribution in [2.45, 2.75) is 13.8 Å². The van der Waals surface area contributed by atoms with Crippen molar-refractivity contribution in [2.75, 3.05) is 45.7 Å². The van der Waals surface area contributed by atoms with Gasteiger partial charge in [0.15, 0.2) is 0 Å². The van der Waals surface area contributed by atoms with Gasteiger partial charge in [-0.2, -0.15) is 0 Å². The lowest BCUT2D eigenvalue weighted by molar-refractivity contribution is 0.247. The summed E-state index contributed by atoms with van der Waals surface area (Å²) in [7, 11) is 3.11. The van der Waals surface area contributed by atoms with Crippen LogP contribution in [0.25, 0.3) is 0 Å². The highest BCUT2D eigenvalue weighted by Gasteiger charge is 2.12. The highest BCUT2D eigenvalue weighted by molar-refractivity contribution is 5.92. The summed E-state index contributed by atoms with van der Waals surface area (Å²) in [6, 6.07) is 5.08. The van der Waals surface area contributed by atoms with Gasteiger partial charge in [-0.15, -0.1) is 0 Å². The third kappa shape index (κ3) is 5.15. The molecule has 0 radical (unpaired) electrons. The molecule has 2 N–H and O–H groups in total. The van der Waals surface area contributed by atoms with Gasteiger partial charge in [-0.3, -0.25) is 0 Å². The zero-order valence-electron chi connectivity index (χ0n) is 13.2. The quantitative estimate of drug-likeness (QED) is 0.771. The van der Waals surface area contributed by atoms with E-state index in [0.29, 0.717) is 23.7 Å². The molecule has 6 heteroatoms. The fourth-order valence-electron chi connectivity index (χ4n) is 2.00. The van der Waals surface area contributed by atoms with Gasteiger partial charge in [0.25, 0.3) is 0 Å². The molecule has 0 aliphatic rings. The molecule has 0 aliphatic carbocycles. The maximum Gasteiger partial charge on any atom is 0.319 e.